The summed E-state index contributed by atoms with van der Waals surface area (Å²) in [5.74, 6) is 1.48. The van der Waals surface area contributed by atoms with Gasteiger partial charge in [-0.25, -0.2) is 0 Å². The highest BCUT2D eigenvalue weighted by Crippen LogP contribution is 2.35. The second-order valence-corrected chi connectivity index (χ2v) is 7.76. The lowest BCUT2D eigenvalue weighted by Crippen LogP contribution is -2.33. The standard InChI is InChI=1S/C23H27NO4/c25-23(26)10-7-17-11-13-24(14-12-17)15-18-5-8-19(9-6-18)22-16-27-20-3-1-2-4-21(20)28-22/h1-6,8-9,17,22H,7,10-16H2,(H,25,26)/t22-/m1/s1. The second-order valence-electron chi connectivity index (χ2n) is 7.76. The van der Waals surface area contributed by atoms with Crippen molar-refractivity contribution in [1.29, 1.82) is 0 Å². The molecule has 28 heavy (non-hydrogen) atoms. The molecule has 0 aliphatic carbocycles. The molecule has 0 unspecified atom stereocenters. The summed E-state index contributed by atoms with van der Waals surface area (Å²) in [5, 5.41) is 8.83. The zero-order valence-corrected chi connectivity index (χ0v) is 16.0. The molecule has 0 radical (unpaired) electrons. The van der Waals surface area contributed by atoms with Crippen LogP contribution in [0.2, 0.25) is 0 Å². The molecule has 148 valence electrons. The monoisotopic (exact) mass is 381 g/mol. The summed E-state index contributed by atoms with van der Waals surface area (Å²) in [7, 11) is 0. The number of carboxylic acid groups (broad SMARTS) is 1. The molecule has 0 spiro atoms. The third-order valence-electron chi connectivity index (χ3n) is 5.74. The average molecular weight is 381 g/mol. The van der Waals surface area contributed by atoms with Crippen molar-refractivity contribution in [1.82, 2.24) is 4.90 Å². The Morgan fingerprint density at radius 3 is 2.46 bits per heavy atom. The Balaban J connectivity index is 1.28. The molecule has 2 aliphatic heterocycles. The number of ether oxygens (including phenoxy) is 2. The van der Waals surface area contributed by atoms with Crippen molar-refractivity contribution >= 4 is 5.97 Å². The number of hydrogen-bond acceptors (Lipinski definition) is 4. The van der Waals surface area contributed by atoms with Gasteiger partial charge in [-0.2, -0.15) is 0 Å². The smallest absolute Gasteiger partial charge is 0.303 e. The fraction of sp³-hybridized carbons (Fsp3) is 0.435. The summed E-state index contributed by atoms with van der Waals surface area (Å²) >= 11 is 0. The molecule has 4 rings (SSSR count). The van der Waals surface area contributed by atoms with E-state index in [2.05, 4.69) is 29.2 Å². The fourth-order valence-corrected chi connectivity index (χ4v) is 4.04. The Kier molecular flexibility index (Phi) is 5.81. The lowest BCUT2D eigenvalue weighted by molar-refractivity contribution is -0.137. The maximum absolute atomic E-state index is 10.7. The highest BCUT2D eigenvalue weighted by molar-refractivity contribution is 5.66. The maximum atomic E-state index is 10.7. The molecular weight excluding hydrogens is 354 g/mol. The number of benzene rings is 2. The van der Waals surface area contributed by atoms with Crippen molar-refractivity contribution in [3.63, 3.8) is 0 Å². The molecule has 2 aliphatic rings. The SMILES string of the molecule is O=C(O)CCC1CCN(Cc2ccc([C@H]3COc4ccccc4O3)cc2)CC1. The first-order chi connectivity index (χ1) is 13.7. The number of aliphatic carboxylic acids is 1. The normalized spacial score (nSPS) is 20.1. The molecule has 1 atom stereocenters. The van der Waals surface area contributed by atoms with Gasteiger partial charge >= 0.3 is 5.97 Å². The number of rotatable bonds is 6. The van der Waals surface area contributed by atoms with Crippen molar-refractivity contribution in [2.45, 2.75) is 38.3 Å². The molecule has 0 saturated carbocycles. The summed E-state index contributed by atoms with van der Waals surface area (Å²) in [6, 6.07) is 16.4. The van der Waals surface area contributed by atoms with E-state index >= 15 is 0 Å². The van der Waals surface area contributed by atoms with Gasteiger partial charge in [0.15, 0.2) is 17.6 Å². The van der Waals surface area contributed by atoms with Crippen LogP contribution in [0.1, 0.15) is 42.9 Å². The van der Waals surface area contributed by atoms with Crippen LogP contribution in [0.25, 0.3) is 0 Å². The minimum atomic E-state index is -0.682. The number of likely N-dealkylation sites (tertiary alicyclic amines) is 1. The van der Waals surface area contributed by atoms with Gasteiger partial charge in [-0.15, -0.1) is 0 Å². The molecule has 0 amide bonds. The number of carboxylic acids is 1. The van der Waals surface area contributed by atoms with E-state index in [0.29, 0.717) is 18.9 Å². The first-order valence-electron chi connectivity index (χ1n) is 10.1. The summed E-state index contributed by atoms with van der Waals surface area (Å²) < 4.78 is 11.9. The van der Waals surface area contributed by atoms with Crippen molar-refractivity contribution in [3.8, 4) is 11.5 Å². The molecule has 0 aromatic heterocycles. The van der Waals surface area contributed by atoms with Crippen LogP contribution in [-0.2, 0) is 11.3 Å². The second kappa shape index (κ2) is 8.65. The third-order valence-corrected chi connectivity index (χ3v) is 5.74. The summed E-state index contributed by atoms with van der Waals surface area (Å²) in [5.41, 5.74) is 2.43. The van der Waals surface area contributed by atoms with E-state index in [1.807, 2.05) is 24.3 Å². The number of piperidine rings is 1. The van der Waals surface area contributed by atoms with E-state index in [0.717, 1.165) is 56.0 Å². The number of carbonyl (C=O) groups is 1. The van der Waals surface area contributed by atoms with Crippen molar-refractivity contribution < 1.29 is 19.4 Å². The van der Waals surface area contributed by atoms with Gasteiger partial charge in [0.25, 0.3) is 0 Å². The van der Waals surface area contributed by atoms with Gasteiger partial charge in [0.05, 0.1) is 0 Å². The van der Waals surface area contributed by atoms with Gasteiger partial charge in [-0.05, 0) is 61.5 Å². The molecule has 1 N–H and O–H groups in total. The lowest BCUT2D eigenvalue weighted by Gasteiger charge is -2.32. The highest BCUT2D eigenvalue weighted by Gasteiger charge is 2.23. The molecule has 0 bridgehead atoms. The average Bonchev–Trinajstić information content (AvgIpc) is 2.73. The van der Waals surface area contributed by atoms with Crippen LogP contribution in [0.4, 0.5) is 0 Å². The molecule has 2 aromatic carbocycles. The zero-order chi connectivity index (χ0) is 19.3. The molecule has 5 nitrogen and oxygen atoms in total. The molecule has 1 fully saturated rings. The topological polar surface area (TPSA) is 59.0 Å². The van der Waals surface area contributed by atoms with Gasteiger partial charge in [-0.1, -0.05) is 36.4 Å². The van der Waals surface area contributed by atoms with Crippen LogP contribution in [0.15, 0.2) is 48.5 Å². The minimum absolute atomic E-state index is 0.0751. The number of hydrogen-bond donors (Lipinski definition) is 1. The van der Waals surface area contributed by atoms with Gasteiger partial charge in [0.1, 0.15) is 6.61 Å². The van der Waals surface area contributed by atoms with Crippen LogP contribution in [0.3, 0.4) is 0 Å². The predicted octanol–water partition coefficient (Wildman–Crippen LogP) is 4.28. The van der Waals surface area contributed by atoms with Crippen molar-refractivity contribution in [2.75, 3.05) is 19.7 Å². The van der Waals surface area contributed by atoms with Crippen molar-refractivity contribution in [2.24, 2.45) is 5.92 Å². The van der Waals surface area contributed by atoms with Crippen LogP contribution in [0.5, 0.6) is 11.5 Å². The van der Waals surface area contributed by atoms with E-state index in [1.165, 1.54) is 5.56 Å². The van der Waals surface area contributed by atoms with Crippen LogP contribution >= 0.6 is 0 Å². The molecule has 5 heteroatoms. The minimum Gasteiger partial charge on any atom is -0.485 e. The largest absolute Gasteiger partial charge is 0.485 e. The van der Waals surface area contributed by atoms with E-state index < -0.39 is 5.97 Å². The summed E-state index contributed by atoms with van der Waals surface area (Å²) in [6.45, 7) is 3.56. The number of fused-ring (bicyclic) bond motifs is 1. The van der Waals surface area contributed by atoms with E-state index in [9.17, 15) is 4.79 Å². The first-order valence-corrected chi connectivity index (χ1v) is 10.1. The van der Waals surface area contributed by atoms with E-state index in [1.54, 1.807) is 0 Å². The first kappa shape index (κ1) is 18.8. The lowest BCUT2D eigenvalue weighted by atomic mass is 9.92. The van der Waals surface area contributed by atoms with Crippen LogP contribution in [-0.4, -0.2) is 35.7 Å². The maximum Gasteiger partial charge on any atom is 0.303 e. The summed E-state index contributed by atoms with van der Waals surface area (Å²) in [4.78, 5) is 13.2. The Bertz CT molecular complexity index is 797. The number of para-hydroxylation sites is 2. The molecule has 1 saturated heterocycles. The Labute approximate surface area is 165 Å². The van der Waals surface area contributed by atoms with Gasteiger partial charge in [-0.3, -0.25) is 9.69 Å². The molecule has 2 aromatic rings. The van der Waals surface area contributed by atoms with Gasteiger partial charge in [0, 0.05) is 13.0 Å². The zero-order valence-electron chi connectivity index (χ0n) is 16.0. The number of nitrogens with zero attached hydrogens (tertiary/aromatic N) is 1. The Morgan fingerprint density at radius 1 is 1.04 bits per heavy atom. The van der Waals surface area contributed by atoms with Gasteiger partial charge in [0.2, 0.25) is 0 Å². The fourth-order valence-electron chi connectivity index (χ4n) is 4.04. The van der Waals surface area contributed by atoms with E-state index in [-0.39, 0.29) is 6.10 Å². The summed E-state index contributed by atoms with van der Waals surface area (Å²) in [6.07, 6.45) is 3.22. The van der Waals surface area contributed by atoms with Crippen molar-refractivity contribution in [3.05, 3.63) is 59.7 Å². The quantitative estimate of drug-likeness (QED) is 0.809. The predicted molar refractivity (Wildman–Crippen MR) is 107 cm³/mol. The molecular formula is C23H27NO4. The van der Waals surface area contributed by atoms with Gasteiger partial charge < -0.3 is 14.6 Å². The Morgan fingerprint density at radius 2 is 1.75 bits per heavy atom. The third kappa shape index (κ3) is 4.65. The molecule has 2 heterocycles. The Hall–Kier alpha value is -2.53. The highest BCUT2D eigenvalue weighted by atomic mass is 16.6. The van der Waals surface area contributed by atoms with Crippen LogP contribution in [0, 0.1) is 5.92 Å². The van der Waals surface area contributed by atoms with E-state index in [4.69, 9.17) is 14.6 Å². The van der Waals surface area contributed by atoms with Crippen LogP contribution < -0.4 is 9.47 Å².